The number of hydrogen-bond donors (Lipinski definition) is 2. The molecule has 2 rings (SSSR count). The zero-order valence-electron chi connectivity index (χ0n) is 9.85. The summed E-state index contributed by atoms with van der Waals surface area (Å²) in [6.45, 7) is 0.646. The van der Waals surface area contributed by atoms with Crippen LogP contribution in [0.4, 0.5) is 5.69 Å². The minimum absolute atomic E-state index is 0.456. The molecule has 1 aromatic carbocycles. The second-order valence-corrected chi connectivity index (χ2v) is 3.96. The minimum Gasteiger partial charge on any atom is -0.495 e. The molecular formula is C13H17NO3. The van der Waals surface area contributed by atoms with Crippen molar-refractivity contribution in [1.29, 1.82) is 0 Å². The van der Waals surface area contributed by atoms with Crippen LogP contribution >= 0.6 is 0 Å². The highest BCUT2D eigenvalue weighted by Gasteiger charge is 2.20. The largest absolute Gasteiger partial charge is 0.495 e. The maximum Gasteiger partial charge on any atom is 0.142 e. The molecule has 1 heterocycles. The maximum atomic E-state index is 10.2. The average molecular weight is 235 g/mol. The van der Waals surface area contributed by atoms with E-state index in [0.29, 0.717) is 29.4 Å². The molecule has 0 radical (unpaired) electrons. The predicted molar refractivity (Wildman–Crippen MR) is 65.6 cm³/mol. The van der Waals surface area contributed by atoms with Gasteiger partial charge < -0.3 is 20.3 Å². The Morgan fingerprint density at radius 3 is 2.94 bits per heavy atom. The van der Waals surface area contributed by atoms with Gasteiger partial charge in [0.05, 0.1) is 19.4 Å². The Hall–Kier alpha value is -1.68. The Bertz CT molecular complexity index is 429. The van der Waals surface area contributed by atoms with E-state index >= 15 is 0 Å². The molecule has 0 spiro atoms. The Balaban J connectivity index is 2.30. The van der Waals surface area contributed by atoms with Gasteiger partial charge in [-0.1, -0.05) is 12.1 Å². The van der Waals surface area contributed by atoms with Gasteiger partial charge in [-0.25, -0.2) is 0 Å². The van der Waals surface area contributed by atoms with Gasteiger partial charge in [0.25, 0.3) is 0 Å². The zero-order chi connectivity index (χ0) is 12.3. The molecule has 0 aliphatic carbocycles. The number of hydrogen-bond acceptors (Lipinski definition) is 4. The number of anilines is 1. The van der Waals surface area contributed by atoms with Crippen molar-refractivity contribution in [1.82, 2.24) is 0 Å². The van der Waals surface area contributed by atoms with Crippen LogP contribution in [-0.4, -0.2) is 18.8 Å². The van der Waals surface area contributed by atoms with Crippen molar-refractivity contribution in [2.75, 3.05) is 19.5 Å². The first kappa shape index (κ1) is 11.8. The van der Waals surface area contributed by atoms with Gasteiger partial charge in [0.15, 0.2) is 0 Å². The molecule has 1 aromatic rings. The number of benzene rings is 1. The number of aliphatic hydroxyl groups excluding tert-OH is 1. The number of allylic oxidation sites excluding steroid dienone is 1. The first-order chi connectivity index (χ1) is 8.24. The summed E-state index contributed by atoms with van der Waals surface area (Å²) in [5.74, 6) is 1.15. The molecule has 1 aliphatic heterocycles. The molecule has 0 amide bonds. The third-order valence-electron chi connectivity index (χ3n) is 2.85. The van der Waals surface area contributed by atoms with Crippen LogP contribution < -0.4 is 10.5 Å². The summed E-state index contributed by atoms with van der Waals surface area (Å²) in [6, 6.07) is 5.35. The number of ether oxygens (including phenoxy) is 2. The zero-order valence-corrected chi connectivity index (χ0v) is 9.85. The van der Waals surface area contributed by atoms with E-state index in [4.69, 9.17) is 15.2 Å². The Labute approximate surface area is 101 Å². The Morgan fingerprint density at radius 2 is 2.29 bits per heavy atom. The van der Waals surface area contributed by atoms with Gasteiger partial charge in [0, 0.05) is 5.56 Å². The van der Waals surface area contributed by atoms with Gasteiger partial charge in [-0.3, -0.25) is 0 Å². The Kier molecular flexibility index (Phi) is 3.54. The van der Waals surface area contributed by atoms with Crippen molar-refractivity contribution in [3.63, 3.8) is 0 Å². The van der Waals surface area contributed by atoms with Gasteiger partial charge in [0.2, 0.25) is 0 Å². The second kappa shape index (κ2) is 5.10. The van der Waals surface area contributed by atoms with E-state index in [1.54, 1.807) is 25.3 Å². The number of nitrogen functional groups attached to an aromatic ring is 1. The van der Waals surface area contributed by atoms with E-state index < -0.39 is 6.10 Å². The molecule has 4 heteroatoms. The monoisotopic (exact) mass is 235 g/mol. The number of para-hydroxylation sites is 1. The second-order valence-electron chi connectivity index (χ2n) is 3.96. The molecule has 1 unspecified atom stereocenters. The first-order valence-electron chi connectivity index (χ1n) is 5.67. The SMILES string of the molecule is COc1cccc(C(O)C2=CCCCO2)c1N. The molecule has 92 valence electrons. The van der Waals surface area contributed by atoms with Crippen molar-refractivity contribution in [3.05, 3.63) is 35.6 Å². The van der Waals surface area contributed by atoms with Crippen molar-refractivity contribution >= 4 is 5.69 Å². The highest BCUT2D eigenvalue weighted by molar-refractivity contribution is 5.60. The highest BCUT2D eigenvalue weighted by Crippen LogP contribution is 2.34. The standard InChI is InChI=1S/C13H17NO3/c1-16-10-7-4-5-9(12(10)14)13(15)11-6-2-3-8-17-11/h4-7,13,15H,2-3,8,14H2,1H3. The van der Waals surface area contributed by atoms with Crippen LogP contribution in [0.5, 0.6) is 5.75 Å². The topological polar surface area (TPSA) is 64.7 Å². The third-order valence-corrected chi connectivity index (χ3v) is 2.85. The third kappa shape index (κ3) is 2.36. The number of nitrogens with two attached hydrogens (primary N) is 1. The molecule has 1 atom stereocenters. The quantitative estimate of drug-likeness (QED) is 0.786. The van der Waals surface area contributed by atoms with Crippen molar-refractivity contribution in [3.8, 4) is 5.75 Å². The molecule has 4 nitrogen and oxygen atoms in total. The lowest BCUT2D eigenvalue weighted by Gasteiger charge is -2.21. The fourth-order valence-electron chi connectivity index (χ4n) is 1.90. The van der Waals surface area contributed by atoms with Gasteiger partial charge in [-0.15, -0.1) is 0 Å². The van der Waals surface area contributed by atoms with Crippen molar-refractivity contribution < 1.29 is 14.6 Å². The van der Waals surface area contributed by atoms with Crippen LogP contribution in [-0.2, 0) is 4.74 Å². The molecule has 17 heavy (non-hydrogen) atoms. The van der Waals surface area contributed by atoms with E-state index in [0.717, 1.165) is 12.8 Å². The highest BCUT2D eigenvalue weighted by atomic mass is 16.5. The van der Waals surface area contributed by atoms with Gasteiger partial charge in [-0.2, -0.15) is 0 Å². The molecule has 0 saturated carbocycles. The van der Waals surface area contributed by atoms with E-state index in [9.17, 15) is 5.11 Å². The molecule has 0 saturated heterocycles. The smallest absolute Gasteiger partial charge is 0.142 e. The molecule has 3 N–H and O–H groups in total. The predicted octanol–water partition coefficient (Wildman–Crippen LogP) is 2.01. The van der Waals surface area contributed by atoms with Gasteiger partial charge in [-0.05, 0) is 25.0 Å². The fourth-order valence-corrected chi connectivity index (χ4v) is 1.90. The van der Waals surface area contributed by atoms with Crippen molar-refractivity contribution in [2.24, 2.45) is 0 Å². The van der Waals surface area contributed by atoms with Crippen LogP contribution in [0.15, 0.2) is 30.0 Å². The first-order valence-corrected chi connectivity index (χ1v) is 5.67. The summed E-state index contributed by atoms with van der Waals surface area (Å²) in [5.41, 5.74) is 7.01. The van der Waals surface area contributed by atoms with E-state index in [1.165, 1.54) is 0 Å². The Morgan fingerprint density at radius 1 is 1.47 bits per heavy atom. The van der Waals surface area contributed by atoms with E-state index in [1.807, 2.05) is 6.08 Å². The summed E-state index contributed by atoms with van der Waals surface area (Å²) in [7, 11) is 1.55. The van der Waals surface area contributed by atoms with Crippen LogP contribution in [0, 0.1) is 0 Å². The molecule has 0 bridgehead atoms. The molecule has 0 fully saturated rings. The van der Waals surface area contributed by atoms with Gasteiger partial charge >= 0.3 is 0 Å². The average Bonchev–Trinajstić information content (AvgIpc) is 2.39. The summed E-state index contributed by atoms with van der Waals surface area (Å²) in [4.78, 5) is 0. The van der Waals surface area contributed by atoms with Gasteiger partial charge in [0.1, 0.15) is 17.6 Å². The fraction of sp³-hybridized carbons (Fsp3) is 0.385. The number of rotatable bonds is 3. The normalized spacial score (nSPS) is 16.9. The summed E-state index contributed by atoms with van der Waals surface area (Å²) in [5, 5.41) is 10.2. The van der Waals surface area contributed by atoms with Crippen LogP contribution in [0.3, 0.4) is 0 Å². The molecule has 0 aromatic heterocycles. The van der Waals surface area contributed by atoms with Crippen LogP contribution in [0.1, 0.15) is 24.5 Å². The molecule has 1 aliphatic rings. The minimum atomic E-state index is -0.814. The number of methoxy groups -OCH3 is 1. The summed E-state index contributed by atoms with van der Waals surface area (Å²) >= 11 is 0. The maximum absolute atomic E-state index is 10.2. The van der Waals surface area contributed by atoms with Crippen LogP contribution in [0.2, 0.25) is 0 Å². The van der Waals surface area contributed by atoms with Crippen molar-refractivity contribution in [2.45, 2.75) is 18.9 Å². The lowest BCUT2D eigenvalue weighted by atomic mass is 10.0. The summed E-state index contributed by atoms with van der Waals surface area (Å²) < 4.78 is 10.6. The van der Waals surface area contributed by atoms with Crippen LogP contribution in [0.25, 0.3) is 0 Å². The summed E-state index contributed by atoms with van der Waals surface area (Å²) in [6.07, 6.45) is 3.01. The van der Waals surface area contributed by atoms with E-state index in [2.05, 4.69) is 0 Å². The lowest BCUT2D eigenvalue weighted by Crippen LogP contribution is -2.11. The number of aliphatic hydroxyl groups is 1. The lowest BCUT2D eigenvalue weighted by molar-refractivity contribution is 0.0921. The molecular weight excluding hydrogens is 218 g/mol. The van der Waals surface area contributed by atoms with E-state index in [-0.39, 0.29) is 0 Å².